The number of likely N-dealkylation sites (tertiary alicyclic amines) is 1. The summed E-state index contributed by atoms with van der Waals surface area (Å²) in [7, 11) is 0. The summed E-state index contributed by atoms with van der Waals surface area (Å²) in [6, 6.07) is -0.726. The summed E-state index contributed by atoms with van der Waals surface area (Å²) < 4.78 is 5.36. The van der Waals surface area contributed by atoms with Crippen LogP contribution in [-0.2, 0) is 9.53 Å². The van der Waals surface area contributed by atoms with Crippen molar-refractivity contribution in [3.63, 3.8) is 0 Å². The molecule has 1 aliphatic heterocycles. The van der Waals surface area contributed by atoms with Crippen molar-refractivity contribution in [3.05, 3.63) is 0 Å². The van der Waals surface area contributed by atoms with Gasteiger partial charge < -0.3 is 9.84 Å². The number of nitrogens with zero attached hydrogens (tertiary/aromatic N) is 1. The van der Waals surface area contributed by atoms with Crippen molar-refractivity contribution in [2.24, 2.45) is 0 Å². The molecule has 1 atom stereocenters. The number of aliphatic carboxylic acids is 1. The molecule has 2 fully saturated rings. The van der Waals surface area contributed by atoms with Crippen molar-refractivity contribution in [3.8, 4) is 0 Å². The van der Waals surface area contributed by atoms with Gasteiger partial charge >= 0.3 is 12.1 Å². The molecule has 1 saturated carbocycles. The van der Waals surface area contributed by atoms with Gasteiger partial charge in [-0.25, -0.2) is 9.59 Å². The first-order valence-electron chi connectivity index (χ1n) is 6.50. The van der Waals surface area contributed by atoms with Crippen LogP contribution < -0.4 is 0 Å². The van der Waals surface area contributed by atoms with Gasteiger partial charge in [0.05, 0.1) is 0 Å². The van der Waals surface area contributed by atoms with Crippen LogP contribution in [0.15, 0.2) is 0 Å². The highest BCUT2D eigenvalue weighted by Gasteiger charge is 2.56. The smallest absolute Gasteiger partial charge is 0.411 e. The first-order chi connectivity index (χ1) is 8.25. The summed E-state index contributed by atoms with van der Waals surface area (Å²) in [4.78, 5) is 25.0. The van der Waals surface area contributed by atoms with Crippen molar-refractivity contribution >= 4 is 12.1 Å². The largest absolute Gasteiger partial charge is 0.480 e. The molecule has 2 rings (SSSR count). The molecular weight excluding hydrogens is 234 g/mol. The minimum Gasteiger partial charge on any atom is -0.480 e. The average Bonchev–Trinajstić information content (AvgIpc) is 2.94. The number of hydrogen-bond donors (Lipinski definition) is 1. The second-order valence-electron chi connectivity index (χ2n) is 6.32. The van der Waals surface area contributed by atoms with Gasteiger partial charge in [0.1, 0.15) is 11.6 Å². The molecule has 0 bridgehead atoms. The molecule has 0 unspecified atom stereocenters. The maximum atomic E-state index is 12.2. The number of hydrogen-bond acceptors (Lipinski definition) is 3. The van der Waals surface area contributed by atoms with Gasteiger partial charge in [0, 0.05) is 5.54 Å². The molecule has 5 nitrogen and oxygen atoms in total. The summed E-state index contributed by atoms with van der Waals surface area (Å²) >= 11 is 0. The fourth-order valence-corrected chi connectivity index (χ4v) is 2.71. The summed E-state index contributed by atoms with van der Waals surface area (Å²) in [5.41, 5.74) is -0.822. The van der Waals surface area contributed by atoms with Crippen LogP contribution in [0.1, 0.15) is 52.9 Å². The van der Waals surface area contributed by atoms with Crippen LogP contribution in [0.2, 0.25) is 0 Å². The van der Waals surface area contributed by atoms with Gasteiger partial charge in [-0.15, -0.1) is 0 Å². The van der Waals surface area contributed by atoms with Crippen LogP contribution in [-0.4, -0.2) is 39.3 Å². The number of carbonyl (C=O) groups excluding carboxylic acids is 1. The number of rotatable bonds is 1. The maximum absolute atomic E-state index is 12.2. The summed E-state index contributed by atoms with van der Waals surface area (Å²) in [6.07, 6.45) is 3.61. The minimum atomic E-state index is -0.924. The Kier molecular flexibility index (Phi) is 3.03. The van der Waals surface area contributed by atoms with Gasteiger partial charge in [0.15, 0.2) is 0 Å². The van der Waals surface area contributed by atoms with Crippen molar-refractivity contribution in [2.45, 2.75) is 70.1 Å². The number of carbonyl (C=O) groups is 2. The highest BCUT2D eigenvalue weighted by Crippen LogP contribution is 2.50. The van der Waals surface area contributed by atoms with Gasteiger partial charge in [0.25, 0.3) is 0 Å². The lowest BCUT2D eigenvalue weighted by Gasteiger charge is -2.41. The highest BCUT2D eigenvalue weighted by atomic mass is 16.6. The van der Waals surface area contributed by atoms with Gasteiger partial charge in [-0.1, -0.05) is 0 Å². The van der Waals surface area contributed by atoms with Crippen LogP contribution >= 0.6 is 0 Å². The Bertz CT molecular complexity index is 368. The van der Waals surface area contributed by atoms with Crippen molar-refractivity contribution in [2.75, 3.05) is 0 Å². The molecule has 5 heteroatoms. The molecular formula is C13H21NO4. The van der Waals surface area contributed by atoms with Crippen molar-refractivity contribution in [1.29, 1.82) is 0 Å². The van der Waals surface area contributed by atoms with Crippen LogP contribution in [0.25, 0.3) is 0 Å². The van der Waals surface area contributed by atoms with Crippen LogP contribution in [0, 0.1) is 0 Å². The first-order valence-corrected chi connectivity index (χ1v) is 6.50. The second-order valence-corrected chi connectivity index (χ2v) is 6.32. The standard InChI is InChI=1S/C13H21NO4/c1-12(2,3)18-11(17)14-9(10(15)16)5-4-6-13(14)7-8-13/h9H,4-8H2,1-3H3,(H,15,16)/t9-/m1/s1. The Hall–Kier alpha value is -1.26. The van der Waals surface area contributed by atoms with Gasteiger partial charge in [-0.05, 0) is 52.9 Å². The predicted octanol–water partition coefficient (Wildman–Crippen LogP) is 2.39. The van der Waals surface area contributed by atoms with E-state index >= 15 is 0 Å². The quantitative estimate of drug-likeness (QED) is 0.781. The number of ether oxygens (including phenoxy) is 1. The third-order valence-corrected chi connectivity index (χ3v) is 3.64. The van der Waals surface area contributed by atoms with E-state index in [1.165, 1.54) is 4.90 Å². The van der Waals surface area contributed by atoms with E-state index in [-0.39, 0.29) is 5.54 Å². The maximum Gasteiger partial charge on any atom is 0.411 e. The van der Waals surface area contributed by atoms with Crippen LogP contribution in [0.5, 0.6) is 0 Å². The van der Waals surface area contributed by atoms with Crippen molar-refractivity contribution in [1.82, 2.24) is 4.90 Å². The summed E-state index contributed by atoms with van der Waals surface area (Å²) in [5, 5.41) is 9.27. The van der Waals surface area contributed by atoms with Gasteiger partial charge in [-0.3, -0.25) is 4.90 Å². The molecule has 1 spiro atoms. The van der Waals surface area contributed by atoms with E-state index in [2.05, 4.69) is 0 Å². The molecule has 0 aromatic rings. The molecule has 102 valence electrons. The zero-order valence-corrected chi connectivity index (χ0v) is 11.2. The Labute approximate surface area is 107 Å². The number of piperidine rings is 1. The highest BCUT2D eigenvalue weighted by molar-refractivity contribution is 5.81. The fourth-order valence-electron chi connectivity index (χ4n) is 2.71. The number of amides is 1. The van der Waals surface area contributed by atoms with Gasteiger partial charge in [-0.2, -0.15) is 0 Å². The topological polar surface area (TPSA) is 66.8 Å². The van der Waals surface area contributed by atoms with E-state index in [0.29, 0.717) is 6.42 Å². The second kappa shape index (κ2) is 4.14. The number of carboxylic acids is 1. The third kappa shape index (κ3) is 2.44. The lowest BCUT2D eigenvalue weighted by molar-refractivity contribution is -0.146. The van der Waals surface area contributed by atoms with E-state index in [0.717, 1.165) is 25.7 Å². The van der Waals surface area contributed by atoms with E-state index in [1.54, 1.807) is 20.8 Å². The number of carboxylic acid groups (broad SMARTS) is 1. The monoisotopic (exact) mass is 255 g/mol. The van der Waals surface area contributed by atoms with Gasteiger partial charge in [0.2, 0.25) is 0 Å². The predicted molar refractivity (Wildman–Crippen MR) is 65.3 cm³/mol. The Morgan fingerprint density at radius 3 is 2.33 bits per heavy atom. The molecule has 1 amide bonds. The fraction of sp³-hybridized carbons (Fsp3) is 0.846. The lowest BCUT2D eigenvalue weighted by atomic mass is 9.94. The molecule has 0 aromatic heterocycles. The molecule has 0 radical (unpaired) electrons. The molecule has 1 saturated heterocycles. The third-order valence-electron chi connectivity index (χ3n) is 3.64. The average molecular weight is 255 g/mol. The zero-order valence-electron chi connectivity index (χ0n) is 11.2. The minimum absolute atomic E-state index is 0.232. The Balaban J connectivity index is 2.19. The molecule has 1 heterocycles. The van der Waals surface area contributed by atoms with E-state index in [4.69, 9.17) is 4.74 Å². The van der Waals surface area contributed by atoms with Crippen LogP contribution in [0.4, 0.5) is 4.79 Å². The van der Waals surface area contributed by atoms with Crippen LogP contribution in [0.3, 0.4) is 0 Å². The summed E-state index contributed by atoms with van der Waals surface area (Å²) in [6.45, 7) is 5.39. The SMILES string of the molecule is CC(C)(C)OC(=O)N1[C@@H](C(=O)O)CCCC12CC2. The first kappa shape index (κ1) is 13.2. The molecule has 18 heavy (non-hydrogen) atoms. The van der Waals surface area contributed by atoms with E-state index < -0.39 is 23.7 Å². The Morgan fingerprint density at radius 1 is 1.28 bits per heavy atom. The zero-order chi connectivity index (χ0) is 13.6. The van der Waals surface area contributed by atoms with Crippen molar-refractivity contribution < 1.29 is 19.4 Å². The Morgan fingerprint density at radius 2 is 1.89 bits per heavy atom. The molecule has 2 aliphatic rings. The molecule has 0 aromatic carbocycles. The lowest BCUT2D eigenvalue weighted by Crippen LogP contribution is -2.56. The van der Waals surface area contributed by atoms with E-state index in [1.807, 2.05) is 0 Å². The molecule has 1 N–H and O–H groups in total. The van der Waals surface area contributed by atoms with E-state index in [9.17, 15) is 14.7 Å². The summed E-state index contributed by atoms with van der Waals surface area (Å²) in [5.74, 6) is -0.924. The normalized spacial score (nSPS) is 25.9. The molecule has 1 aliphatic carbocycles.